The lowest BCUT2D eigenvalue weighted by atomic mass is 9.94. The van der Waals surface area contributed by atoms with Gasteiger partial charge in [0, 0.05) is 6.92 Å². The van der Waals surface area contributed by atoms with E-state index < -0.39 is 149 Å². The molecule has 3 heterocycles. The molecule has 0 aromatic heterocycles. The van der Waals surface area contributed by atoms with Crippen LogP contribution < -0.4 is 11.1 Å². The zero-order chi connectivity index (χ0) is 35.3. The minimum absolute atomic E-state index is 0.737. The predicted molar refractivity (Wildman–Crippen MR) is 148 cm³/mol. The van der Waals surface area contributed by atoms with Crippen molar-refractivity contribution in [2.45, 2.75) is 130 Å². The molecule has 3 aliphatic heterocycles. The number of amides is 1. The Hall–Kier alpha value is -1.29. The molecule has 3 fully saturated rings. The van der Waals surface area contributed by atoms with E-state index in [1.54, 1.807) is 0 Å². The quantitative estimate of drug-likeness (QED) is 0.0803. The van der Waals surface area contributed by atoms with Crippen molar-refractivity contribution in [3.63, 3.8) is 0 Å². The van der Waals surface area contributed by atoms with Gasteiger partial charge < -0.3 is 101 Å². The number of nitrogens with two attached hydrogens (primary N) is 1. The van der Waals surface area contributed by atoms with Gasteiger partial charge in [0.1, 0.15) is 85.4 Å². The highest BCUT2D eigenvalue weighted by Gasteiger charge is 2.54. The maximum Gasteiger partial charge on any atom is 0.217 e. The third kappa shape index (κ3) is 9.09. The molecule has 0 aromatic rings. The summed E-state index contributed by atoms with van der Waals surface area (Å²) in [5.74, 6) is -0.737. The third-order valence-electron chi connectivity index (χ3n) is 8.28. The highest BCUT2D eigenvalue weighted by Crippen LogP contribution is 2.33. The minimum atomic E-state index is -1.92. The van der Waals surface area contributed by atoms with E-state index in [2.05, 4.69) is 5.32 Å². The van der Waals surface area contributed by atoms with Gasteiger partial charge in [0.15, 0.2) is 18.9 Å². The van der Waals surface area contributed by atoms with E-state index in [1.165, 1.54) is 6.92 Å². The van der Waals surface area contributed by atoms with Gasteiger partial charge in [-0.3, -0.25) is 4.79 Å². The third-order valence-corrected chi connectivity index (χ3v) is 8.28. The SMILES string of the molecule is CC(=O)N[C@H]1[C@H](O[C@@H]([C@@H](O)[C@H](O)CO)[C@@H](N)CO)O[C@H](CO)[C@@H](O[C@@H]2O[C@H](CO)[C@H](O)[C@H](O)[C@H]2O[C@@H]2O[C@@H](C)[C@@H](O)[C@@H](O)[C@@H]2O)[C@@H]1O. The Balaban J connectivity index is 1.92. The maximum absolute atomic E-state index is 12.1. The summed E-state index contributed by atoms with van der Waals surface area (Å²) in [6.45, 7) is -1.05. The molecule has 21 heteroatoms. The summed E-state index contributed by atoms with van der Waals surface area (Å²) in [6, 6.07) is -2.97. The van der Waals surface area contributed by atoms with E-state index >= 15 is 0 Å². The molecule has 0 unspecified atom stereocenters. The molecule has 0 bridgehead atoms. The Morgan fingerprint density at radius 3 is 1.89 bits per heavy atom. The monoisotopic (exact) mass is 692 g/mol. The summed E-state index contributed by atoms with van der Waals surface area (Å²) >= 11 is 0. The summed E-state index contributed by atoms with van der Waals surface area (Å²) in [6.07, 6.45) is -29.0. The summed E-state index contributed by atoms with van der Waals surface area (Å²) in [5.41, 5.74) is 5.84. The van der Waals surface area contributed by atoms with Crippen molar-refractivity contribution in [3.05, 3.63) is 0 Å². The van der Waals surface area contributed by atoms with Gasteiger partial charge >= 0.3 is 0 Å². The van der Waals surface area contributed by atoms with E-state index in [0.29, 0.717) is 0 Å². The van der Waals surface area contributed by atoms with Crippen LogP contribution in [-0.4, -0.2) is 210 Å². The van der Waals surface area contributed by atoms with Crippen LogP contribution in [0, 0.1) is 0 Å². The average molecular weight is 693 g/mol. The summed E-state index contributed by atoms with van der Waals surface area (Å²) < 4.78 is 34.0. The van der Waals surface area contributed by atoms with Gasteiger partial charge in [0.25, 0.3) is 0 Å². The van der Waals surface area contributed by atoms with Crippen molar-refractivity contribution in [1.82, 2.24) is 5.32 Å². The van der Waals surface area contributed by atoms with E-state index in [0.717, 1.165) is 6.92 Å². The molecule has 0 radical (unpaired) electrons. The predicted octanol–water partition coefficient (Wildman–Crippen LogP) is -8.98. The fourth-order valence-electron chi connectivity index (χ4n) is 5.51. The summed E-state index contributed by atoms with van der Waals surface area (Å²) in [4.78, 5) is 12.1. The van der Waals surface area contributed by atoms with Gasteiger partial charge in [-0.1, -0.05) is 0 Å². The van der Waals surface area contributed by atoms with Crippen LogP contribution in [0.2, 0.25) is 0 Å². The standard InChI is InChI=1S/C26H48N2O19/c1-7-14(35)18(39)20(41)25(42-7)47-23-19(40)16(37)11(5-31)43-26(23)46-22-12(6-32)44-24(13(17(22)38)28-8(2)33)45-21(9(27)3-29)15(36)10(34)4-30/h7,9-26,29-32,34-41H,3-6,27H2,1-2H3,(H,28,33)/t7-,9-,10+,11+,12+,13+,14+,15-,16-,17+,18+,19-,20-,21+,22+,23+,24-,25-,26-/m0/s1. The van der Waals surface area contributed by atoms with Gasteiger partial charge in [0.2, 0.25) is 5.91 Å². The number of hydrogen-bond acceptors (Lipinski definition) is 20. The smallest absolute Gasteiger partial charge is 0.217 e. The summed E-state index contributed by atoms with van der Waals surface area (Å²) in [5, 5.41) is 125. The van der Waals surface area contributed by atoms with Crippen LogP contribution in [0.1, 0.15) is 13.8 Å². The van der Waals surface area contributed by atoms with Crippen LogP contribution in [0.25, 0.3) is 0 Å². The van der Waals surface area contributed by atoms with Crippen molar-refractivity contribution in [3.8, 4) is 0 Å². The van der Waals surface area contributed by atoms with Crippen LogP contribution in [0.5, 0.6) is 0 Å². The van der Waals surface area contributed by atoms with Gasteiger partial charge in [-0.15, -0.1) is 0 Å². The van der Waals surface area contributed by atoms with Crippen LogP contribution in [0.15, 0.2) is 0 Å². The Labute approximate surface area is 268 Å². The molecule has 0 aromatic carbocycles. The topological polar surface area (TPSA) is 353 Å². The number of aliphatic hydroxyl groups excluding tert-OH is 12. The second-order valence-electron chi connectivity index (χ2n) is 11.7. The number of nitrogens with one attached hydrogen (secondary N) is 1. The van der Waals surface area contributed by atoms with Gasteiger partial charge in [-0.25, -0.2) is 0 Å². The number of carbonyl (C=O) groups is 1. The number of aliphatic hydroxyl groups is 12. The zero-order valence-electron chi connectivity index (χ0n) is 25.6. The van der Waals surface area contributed by atoms with Gasteiger partial charge in [-0.05, 0) is 6.92 Å². The largest absolute Gasteiger partial charge is 0.395 e. The Bertz CT molecular complexity index is 971. The number of ether oxygens (including phenoxy) is 6. The first kappa shape index (κ1) is 40.1. The first-order valence-electron chi connectivity index (χ1n) is 14.9. The molecular formula is C26H48N2O19. The van der Waals surface area contributed by atoms with Gasteiger partial charge in [0.05, 0.1) is 38.6 Å². The molecule has 276 valence electrons. The van der Waals surface area contributed by atoms with Crippen molar-refractivity contribution in [2.75, 3.05) is 26.4 Å². The molecule has 47 heavy (non-hydrogen) atoms. The van der Waals surface area contributed by atoms with Crippen molar-refractivity contribution < 1.29 is 94.5 Å². The van der Waals surface area contributed by atoms with Crippen molar-refractivity contribution >= 4 is 5.91 Å². The lowest BCUT2D eigenvalue weighted by molar-refractivity contribution is -0.384. The molecule has 0 spiro atoms. The first-order chi connectivity index (χ1) is 22.1. The van der Waals surface area contributed by atoms with Crippen molar-refractivity contribution in [2.24, 2.45) is 5.73 Å². The van der Waals surface area contributed by atoms with Crippen LogP contribution in [0.4, 0.5) is 0 Å². The lowest BCUT2D eigenvalue weighted by Crippen LogP contribution is -2.69. The fraction of sp³-hybridized carbons (Fsp3) is 0.962. The Kier molecular flexibility index (Phi) is 15.0. The average Bonchev–Trinajstić information content (AvgIpc) is 3.05. The van der Waals surface area contributed by atoms with Crippen LogP contribution >= 0.6 is 0 Å². The molecule has 0 saturated carbocycles. The number of carbonyl (C=O) groups excluding carboxylic acids is 1. The van der Waals surface area contributed by atoms with Crippen LogP contribution in [0.3, 0.4) is 0 Å². The number of rotatable bonds is 14. The molecule has 15 N–H and O–H groups in total. The van der Waals surface area contributed by atoms with E-state index in [9.17, 15) is 66.1 Å². The lowest BCUT2D eigenvalue weighted by Gasteiger charge is -2.49. The maximum atomic E-state index is 12.1. The fourth-order valence-corrected chi connectivity index (χ4v) is 5.51. The molecule has 3 saturated heterocycles. The summed E-state index contributed by atoms with van der Waals surface area (Å²) in [7, 11) is 0. The van der Waals surface area contributed by atoms with Crippen molar-refractivity contribution in [1.29, 1.82) is 0 Å². The molecule has 21 nitrogen and oxygen atoms in total. The van der Waals surface area contributed by atoms with E-state index in [-0.39, 0.29) is 0 Å². The number of hydrogen-bond donors (Lipinski definition) is 14. The molecular weight excluding hydrogens is 644 g/mol. The van der Waals surface area contributed by atoms with Gasteiger partial charge in [-0.2, -0.15) is 0 Å². The second-order valence-corrected chi connectivity index (χ2v) is 11.7. The normalized spacial score (nSPS) is 43.9. The second kappa shape index (κ2) is 17.6. The minimum Gasteiger partial charge on any atom is -0.395 e. The molecule has 3 rings (SSSR count). The van der Waals surface area contributed by atoms with E-state index in [1.807, 2.05) is 0 Å². The highest BCUT2D eigenvalue weighted by molar-refractivity contribution is 5.73. The molecule has 1 amide bonds. The Morgan fingerprint density at radius 2 is 1.34 bits per heavy atom. The molecule has 0 aliphatic carbocycles. The molecule has 19 atom stereocenters. The first-order valence-corrected chi connectivity index (χ1v) is 14.9. The zero-order valence-corrected chi connectivity index (χ0v) is 25.6. The van der Waals surface area contributed by atoms with Crippen LogP contribution in [-0.2, 0) is 33.2 Å². The molecule has 3 aliphatic rings. The van der Waals surface area contributed by atoms with E-state index in [4.69, 9.17) is 34.2 Å². The Morgan fingerprint density at radius 1 is 0.745 bits per heavy atom. The highest BCUT2D eigenvalue weighted by atomic mass is 16.8.